The van der Waals surface area contributed by atoms with Crippen LogP contribution in [-0.4, -0.2) is 8.80 Å². The first-order chi connectivity index (χ1) is 10.7. The molecule has 0 aliphatic carbocycles. The Hall–Kier alpha value is -2.12. The van der Waals surface area contributed by atoms with Gasteiger partial charge in [-0.2, -0.15) is 0 Å². The van der Waals surface area contributed by atoms with Gasteiger partial charge in [0.2, 0.25) is 0 Å². The van der Waals surface area contributed by atoms with Crippen molar-refractivity contribution in [3.8, 4) is 0 Å². The second-order valence-electron chi connectivity index (χ2n) is 5.79. The third kappa shape index (κ3) is 2.77. The molecule has 109 valence electrons. The molecule has 0 fully saturated rings. The van der Waals surface area contributed by atoms with Crippen molar-refractivity contribution >= 4 is 24.4 Å². The Morgan fingerprint density at radius 2 is 1.05 bits per heavy atom. The zero-order chi connectivity index (χ0) is 15.5. The van der Waals surface area contributed by atoms with Crippen LogP contribution in [0.1, 0.15) is 16.7 Å². The maximum Gasteiger partial charge on any atom is 0.154 e. The fraction of sp³-hybridized carbons (Fsp3) is 0.143. The van der Waals surface area contributed by atoms with E-state index < -0.39 is 8.80 Å². The summed E-state index contributed by atoms with van der Waals surface area (Å²) in [7, 11) is -0.946. The first-order valence-corrected chi connectivity index (χ1v) is 9.23. The lowest BCUT2D eigenvalue weighted by Gasteiger charge is -2.20. The van der Waals surface area contributed by atoms with Crippen LogP contribution in [0.5, 0.6) is 0 Å². The SMILES string of the molecule is Cc1ccc([Si](c2ccccc2)c2ccccc2)c(C)c1C. The van der Waals surface area contributed by atoms with Gasteiger partial charge in [0, 0.05) is 0 Å². The highest BCUT2D eigenvalue weighted by Crippen LogP contribution is 2.11. The Morgan fingerprint density at radius 3 is 1.55 bits per heavy atom. The Balaban J connectivity index is 2.21. The maximum atomic E-state index is 2.34. The van der Waals surface area contributed by atoms with Crippen LogP contribution < -0.4 is 15.6 Å². The van der Waals surface area contributed by atoms with Gasteiger partial charge in [0.05, 0.1) is 0 Å². The van der Waals surface area contributed by atoms with Gasteiger partial charge in [-0.1, -0.05) is 83.2 Å². The monoisotopic (exact) mass is 301 g/mol. The van der Waals surface area contributed by atoms with E-state index in [0.717, 1.165) is 0 Å². The van der Waals surface area contributed by atoms with Gasteiger partial charge in [-0.15, -0.1) is 0 Å². The highest BCUT2D eigenvalue weighted by Gasteiger charge is 2.21. The molecule has 1 heteroatoms. The molecule has 0 saturated heterocycles. The molecule has 0 bridgehead atoms. The van der Waals surface area contributed by atoms with Crippen LogP contribution in [0.15, 0.2) is 72.8 Å². The van der Waals surface area contributed by atoms with Crippen LogP contribution in [0.2, 0.25) is 0 Å². The second kappa shape index (κ2) is 6.33. The van der Waals surface area contributed by atoms with Gasteiger partial charge in [0.1, 0.15) is 0 Å². The molecule has 0 amide bonds. The minimum absolute atomic E-state index is 0.946. The van der Waals surface area contributed by atoms with E-state index in [9.17, 15) is 0 Å². The Bertz CT molecular complexity index is 721. The van der Waals surface area contributed by atoms with Crippen LogP contribution in [0.3, 0.4) is 0 Å². The largest absolute Gasteiger partial charge is 0.154 e. The van der Waals surface area contributed by atoms with Crippen molar-refractivity contribution in [1.29, 1.82) is 0 Å². The lowest BCUT2D eigenvalue weighted by atomic mass is 10.1. The zero-order valence-corrected chi connectivity index (χ0v) is 14.4. The minimum Gasteiger partial charge on any atom is -0.0624 e. The van der Waals surface area contributed by atoms with E-state index in [2.05, 4.69) is 93.6 Å². The van der Waals surface area contributed by atoms with E-state index in [-0.39, 0.29) is 0 Å². The number of aryl methyl sites for hydroxylation is 1. The van der Waals surface area contributed by atoms with E-state index >= 15 is 0 Å². The van der Waals surface area contributed by atoms with Crippen molar-refractivity contribution in [2.24, 2.45) is 0 Å². The molecule has 3 rings (SSSR count). The predicted molar refractivity (Wildman–Crippen MR) is 98.2 cm³/mol. The molecular weight excluding hydrogens is 280 g/mol. The Kier molecular flexibility index (Phi) is 4.26. The molecule has 0 nitrogen and oxygen atoms in total. The average molecular weight is 301 g/mol. The summed E-state index contributed by atoms with van der Waals surface area (Å²) in [5, 5.41) is 4.40. The fourth-order valence-corrected chi connectivity index (χ4v) is 5.73. The molecule has 0 unspecified atom stereocenters. The number of hydrogen-bond donors (Lipinski definition) is 0. The summed E-state index contributed by atoms with van der Waals surface area (Å²) in [6.45, 7) is 6.71. The quantitative estimate of drug-likeness (QED) is 0.515. The van der Waals surface area contributed by atoms with Crippen LogP contribution in [0.4, 0.5) is 0 Å². The standard InChI is InChI=1S/C21H21Si/c1-16-14-15-21(18(3)17(16)2)22(19-10-6-4-7-11-19)20-12-8-5-9-13-20/h4-15H,1-3H3. The average Bonchev–Trinajstić information content (AvgIpc) is 2.57. The Labute approximate surface area is 135 Å². The Morgan fingerprint density at radius 1 is 0.545 bits per heavy atom. The maximum absolute atomic E-state index is 2.34. The molecule has 0 heterocycles. The summed E-state index contributed by atoms with van der Waals surface area (Å²) in [6.07, 6.45) is 0. The summed E-state index contributed by atoms with van der Waals surface area (Å²) >= 11 is 0. The number of hydrogen-bond acceptors (Lipinski definition) is 0. The van der Waals surface area contributed by atoms with Crippen molar-refractivity contribution in [3.05, 3.63) is 89.5 Å². The number of rotatable bonds is 3. The summed E-state index contributed by atoms with van der Waals surface area (Å²) < 4.78 is 0. The molecule has 0 aromatic heterocycles. The van der Waals surface area contributed by atoms with Gasteiger partial charge in [-0.05, 0) is 42.6 Å². The van der Waals surface area contributed by atoms with Crippen molar-refractivity contribution in [2.45, 2.75) is 20.8 Å². The lowest BCUT2D eigenvalue weighted by molar-refractivity contribution is 1.28. The predicted octanol–water partition coefficient (Wildman–Crippen LogP) is 3.13. The van der Waals surface area contributed by atoms with E-state index in [0.29, 0.717) is 0 Å². The molecule has 1 radical (unpaired) electrons. The molecule has 0 spiro atoms. The molecule has 22 heavy (non-hydrogen) atoms. The summed E-state index contributed by atoms with van der Waals surface area (Å²) in [5.74, 6) is 0. The van der Waals surface area contributed by atoms with E-state index in [1.165, 1.54) is 32.3 Å². The summed E-state index contributed by atoms with van der Waals surface area (Å²) in [6, 6.07) is 26.5. The molecule has 0 N–H and O–H groups in total. The minimum atomic E-state index is -0.946. The van der Waals surface area contributed by atoms with Gasteiger partial charge in [-0.25, -0.2) is 0 Å². The molecule has 0 atom stereocenters. The van der Waals surface area contributed by atoms with Gasteiger partial charge in [0.15, 0.2) is 8.80 Å². The molecule has 0 aliphatic heterocycles. The lowest BCUT2D eigenvalue weighted by Crippen LogP contribution is -2.53. The van der Waals surface area contributed by atoms with Gasteiger partial charge >= 0.3 is 0 Å². The smallest absolute Gasteiger partial charge is 0.0624 e. The van der Waals surface area contributed by atoms with E-state index in [1.807, 2.05) is 0 Å². The van der Waals surface area contributed by atoms with E-state index in [1.54, 1.807) is 0 Å². The third-order valence-corrected chi connectivity index (χ3v) is 7.35. The molecule has 0 aliphatic rings. The van der Waals surface area contributed by atoms with Crippen LogP contribution in [0, 0.1) is 20.8 Å². The number of benzene rings is 3. The molecular formula is C21H21Si. The van der Waals surface area contributed by atoms with Crippen LogP contribution in [0.25, 0.3) is 0 Å². The second-order valence-corrected chi connectivity index (χ2v) is 8.23. The molecule has 3 aromatic rings. The van der Waals surface area contributed by atoms with Crippen molar-refractivity contribution in [3.63, 3.8) is 0 Å². The zero-order valence-electron chi connectivity index (χ0n) is 13.4. The summed E-state index contributed by atoms with van der Waals surface area (Å²) in [4.78, 5) is 0. The third-order valence-electron chi connectivity index (χ3n) is 4.45. The van der Waals surface area contributed by atoms with Crippen LogP contribution >= 0.6 is 0 Å². The van der Waals surface area contributed by atoms with Crippen molar-refractivity contribution in [2.75, 3.05) is 0 Å². The van der Waals surface area contributed by atoms with Crippen molar-refractivity contribution < 1.29 is 0 Å². The summed E-state index contributed by atoms with van der Waals surface area (Å²) in [5.41, 5.74) is 4.25. The highest BCUT2D eigenvalue weighted by atomic mass is 28.3. The van der Waals surface area contributed by atoms with Crippen molar-refractivity contribution in [1.82, 2.24) is 0 Å². The molecule has 3 aromatic carbocycles. The highest BCUT2D eigenvalue weighted by molar-refractivity contribution is 6.95. The van der Waals surface area contributed by atoms with Gasteiger partial charge in [-0.3, -0.25) is 0 Å². The molecule has 0 saturated carbocycles. The van der Waals surface area contributed by atoms with E-state index in [4.69, 9.17) is 0 Å². The fourth-order valence-electron chi connectivity index (χ4n) is 2.91. The van der Waals surface area contributed by atoms with Crippen LogP contribution in [-0.2, 0) is 0 Å². The van der Waals surface area contributed by atoms with Gasteiger partial charge in [0.25, 0.3) is 0 Å². The normalized spacial score (nSPS) is 10.9. The topological polar surface area (TPSA) is 0 Å². The first-order valence-electron chi connectivity index (χ1n) is 7.73. The first kappa shape index (κ1) is 14.8. The van der Waals surface area contributed by atoms with Gasteiger partial charge < -0.3 is 0 Å².